The molecule has 0 fully saturated rings. The molecule has 242 valence electrons. The highest BCUT2D eigenvalue weighted by molar-refractivity contribution is 8.00. The molecule has 0 aromatic carbocycles. The summed E-state index contributed by atoms with van der Waals surface area (Å²) in [4.78, 5) is 46.8. The van der Waals surface area contributed by atoms with Gasteiger partial charge in [0.2, 0.25) is 5.91 Å². The van der Waals surface area contributed by atoms with Crippen molar-refractivity contribution in [1.82, 2.24) is 10.6 Å². The number of carbonyl (C=O) groups excluding carboxylic acids is 4. The minimum Gasteiger partial charge on any atom is -0.469 e. The molecule has 0 saturated carbocycles. The van der Waals surface area contributed by atoms with Gasteiger partial charge in [0.05, 0.1) is 20.3 Å². The number of rotatable bonds is 23. The Bertz CT molecular complexity index is 854. The summed E-state index contributed by atoms with van der Waals surface area (Å²) in [6.45, 7) is 1.60. The molecule has 0 saturated heterocycles. The van der Waals surface area contributed by atoms with Crippen LogP contribution in [0.25, 0.3) is 0 Å². The Kier molecular flexibility index (Phi) is 22.5. The van der Waals surface area contributed by atoms with Crippen LogP contribution < -0.4 is 10.6 Å². The van der Waals surface area contributed by atoms with Crippen LogP contribution in [0.3, 0.4) is 0 Å². The van der Waals surface area contributed by atoms with Gasteiger partial charge in [-0.25, -0.2) is 0 Å². The van der Waals surface area contributed by atoms with Gasteiger partial charge < -0.3 is 25.2 Å². The highest BCUT2D eigenvalue weighted by Gasteiger charge is 2.41. The lowest BCUT2D eigenvalue weighted by Crippen LogP contribution is -2.52. The largest absolute Gasteiger partial charge is 0.471 e. The number of allylic oxidation sites excluding steroid dienone is 3. The number of esters is 2. The minimum absolute atomic E-state index is 0.0768. The van der Waals surface area contributed by atoms with Crippen molar-refractivity contribution in [3.8, 4) is 0 Å². The first kappa shape index (κ1) is 39.5. The Hall–Kier alpha value is -2.54. The average molecular weight is 625 g/mol. The highest BCUT2D eigenvalue weighted by Crippen LogP contribution is 2.23. The van der Waals surface area contributed by atoms with E-state index in [9.17, 15) is 37.5 Å². The fourth-order valence-electron chi connectivity index (χ4n) is 3.75. The molecule has 13 heteroatoms. The van der Waals surface area contributed by atoms with Crippen molar-refractivity contribution < 1.29 is 46.9 Å². The zero-order valence-electron chi connectivity index (χ0n) is 24.9. The topological polar surface area (TPSA) is 131 Å². The van der Waals surface area contributed by atoms with Crippen molar-refractivity contribution >= 4 is 35.5 Å². The van der Waals surface area contributed by atoms with E-state index in [0.717, 1.165) is 38.1 Å². The zero-order valence-corrected chi connectivity index (χ0v) is 25.7. The molecule has 0 radical (unpaired) electrons. The molecule has 0 rings (SSSR count). The van der Waals surface area contributed by atoms with Crippen LogP contribution in [0.15, 0.2) is 24.3 Å². The number of amides is 2. The van der Waals surface area contributed by atoms with E-state index in [2.05, 4.69) is 21.7 Å². The quantitative estimate of drug-likeness (QED) is 0.0842. The molecule has 2 amide bonds. The standard InChI is InChI=1S/C29H47F3N2O7S/c1-4-5-6-7-8-9-10-11-12-13-14-15-18-24(23(35)17-16-19-25(36)40-2)42-21-22(34-28(39)29(30,31)32)27(38)33-20-26(37)41-3/h13-15,18,22-24,35H,4-12,16-17,19-21H2,1-3H3,(H,33,38)(H,34,39)/b14-13+,18-15-/t22-,23-,24+/m0/s1. The smallest absolute Gasteiger partial charge is 0.469 e. The molecule has 42 heavy (non-hydrogen) atoms. The minimum atomic E-state index is -5.22. The summed E-state index contributed by atoms with van der Waals surface area (Å²) in [7, 11) is 2.33. The first-order valence-corrected chi connectivity index (χ1v) is 15.4. The third-order valence-corrected chi connectivity index (χ3v) is 7.61. The summed E-state index contributed by atoms with van der Waals surface area (Å²) < 4.78 is 47.7. The van der Waals surface area contributed by atoms with Crippen LogP contribution in [0.1, 0.15) is 84.0 Å². The second kappa shape index (κ2) is 24.0. The Balaban J connectivity index is 5.25. The first-order valence-electron chi connectivity index (χ1n) is 14.4. The number of hydrogen-bond donors (Lipinski definition) is 3. The van der Waals surface area contributed by atoms with E-state index < -0.39 is 53.9 Å². The van der Waals surface area contributed by atoms with Crippen molar-refractivity contribution in [2.75, 3.05) is 26.5 Å². The molecule has 0 bridgehead atoms. The Morgan fingerprint density at radius 3 is 2.12 bits per heavy atom. The molecular formula is C29H47F3N2O7S. The number of halogens is 3. The molecule has 0 aliphatic rings. The van der Waals surface area contributed by atoms with Gasteiger partial charge in [0.25, 0.3) is 0 Å². The predicted octanol–water partition coefficient (Wildman–Crippen LogP) is 4.77. The molecule has 0 unspecified atom stereocenters. The lowest BCUT2D eigenvalue weighted by atomic mass is 10.1. The normalized spacial score (nSPS) is 14.0. The fraction of sp³-hybridized carbons (Fsp3) is 0.724. The first-order chi connectivity index (χ1) is 20.0. The molecule has 0 aliphatic carbocycles. The Labute approximate surface area is 251 Å². The molecule has 0 aliphatic heterocycles. The molecule has 0 spiro atoms. The number of ether oxygens (including phenoxy) is 2. The van der Waals surface area contributed by atoms with Gasteiger partial charge in [0.15, 0.2) is 0 Å². The van der Waals surface area contributed by atoms with Crippen molar-refractivity contribution in [2.24, 2.45) is 0 Å². The van der Waals surface area contributed by atoms with Crippen LogP contribution in [0.5, 0.6) is 0 Å². The number of methoxy groups -OCH3 is 2. The van der Waals surface area contributed by atoms with Gasteiger partial charge in [-0.15, -0.1) is 11.8 Å². The molecule has 0 aromatic rings. The number of unbranched alkanes of at least 4 members (excludes halogenated alkanes) is 8. The lowest BCUT2D eigenvalue weighted by molar-refractivity contribution is -0.174. The third-order valence-electron chi connectivity index (χ3n) is 6.23. The zero-order chi connectivity index (χ0) is 31.8. The maximum absolute atomic E-state index is 12.9. The molecule has 0 aromatic heterocycles. The number of hydrogen-bond acceptors (Lipinski definition) is 8. The van der Waals surface area contributed by atoms with Crippen molar-refractivity contribution in [2.45, 2.75) is 108 Å². The van der Waals surface area contributed by atoms with E-state index in [1.807, 2.05) is 12.2 Å². The van der Waals surface area contributed by atoms with E-state index in [0.29, 0.717) is 6.42 Å². The van der Waals surface area contributed by atoms with Gasteiger partial charge in [-0.05, 0) is 25.7 Å². The summed E-state index contributed by atoms with van der Waals surface area (Å²) in [5.74, 6) is -4.92. The highest BCUT2D eigenvalue weighted by atomic mass is 32.2. The van der Waals surface area contributed by atoms with Gasteiger partial charge in [-0.2, -0.15) is 13.2 Å². The second-order valence-corrected chi connectivity index (χ2v) is 10.9. The van der Waals surface area contributed by atoms with Crippen molar-refractivity contribution in [3.05, 3.63) is 24.3 Å². The predicted molar refractivity (Wildman–Crippen MR) is 157 cm³/mol. The number of aliphatic hydroxyl groups excluding tert-OH is 1. The van der Waals surface area contributed by atoms with Crippen LogP contribution in [0.2, 0.25) is 0 Å². The second-order valence-electron chi connectivity index (χ2n) is 9.73. The third kappa shape index (κ3) is 20.4. The summed E-state index contributed by atoms with van der Waals surface area (Å²) in [6, 6.07) is -1.65. The van der Waals surface area contributed by atoms with Gasteiger partial charge in [-0.1, -0.05) is 76.2 Å². The van der Waals surface area contributed by atoms with Crippen LogP contribution >= 0.6 is 11.8 Å². The summed E-state index contributed by atoms with van der Waals surface area (Å²) in [6.07, 6.45) is 12.1. The molecule has 9 nitrogen and oxygen atoms in total. The molecule has 0 heterocycles. The van der Waals surface area contributed by atoms with Crippen LogP contribution in [-0.2, 0) is 28.7 Å². The number of nitrogens with one attached hydrogen (secondary N) is 2. The van der Waals surface area contributed by atoms with E-state index in [-0.39, 0.29) is 18.6 Å². The van der Waals surface area contributed by atoms with E-state index in [1.54, 1.807) is 17.5 Å². The fourth-order valence-corrected chi connectivity index (χ4v) is 4.96. The maximum Gasteiger partial charge on any atom is 0.471 e. The van der Waals surface area contributed by atoms with Crippen molar-refractivity contribution in [1.29, 1.82) is 0 Å². The van der Waals surface area contributed by atoms with Crippen molar-refractivity contribution in [3.63, 3.8) is 0 Å². The van der Waals surface area contributed by atoms with Crippen LogP contribution in [0.4, 0.5) is 13.2 Å². The monoisotopic (exact) mass is 624 g/mol. The van der Waals surface area contributed by atoms with E-state index in [4.69, 9.17) is 0 Å². The van der Waals surface area contributed by atoms with Crippen LogP contribution in [-0.4, -0.2) is 78.9 Å². The van der Waals surface area contributed by atoms with Gasteiger partial charge in [0, 0.05) is 17.4 Å². The number of aliphatic hydroxyl groups is 1. The van der Waals surface area contributed by atoms with Gasteiger partial charge in [-0.3, -0.25) is 19.2 Å². The SMILES string of the molecule is CCCCCCCCCC/C=C/C=C\[C@@H](SC[C@H](NC(=O)C(F)(F)F)C(=O)NCC(=O)OC)[C@@H](O)CCCC(=O)OC. The number of thioether (sulfide) groups is 1. The Morgan fingerprint density at radius 1 is 0.905 bits per heavy atom. The van der Waals surface area contributed by atoms with Gasteiger partial charge >= 0.3 is 24.0 Å². The van der Waals surface area contributed by atoms with E-state index >= 15 is 0 Å². The summed E-state index contributed by atoms with van der Waals surface area (Å²) in [5, 5.41) is 13.9. The summed E-state index contributed by atoms with van der Waals surface area (Å²) in [5.41, 5.74) is 0. The average Bonchev–Trinajstić information content (AvgIpc) is 2.95. The Morgan fingerprint density at radius 2 is 1.52 bits per heavy atom. The van der Waals surface area contributed by atoms with Gasteiger partial charge in [0.1, 0.15) is 12.6 Å². The molecular weight excluding hydrogens is 577 g/mol. The number of alkyl halides is 3. The summed E-state index contributed by atoms with van der Waals surface area (Å²) >= 11 is 0.960. The van der Waals surface area contributed by atoms with E-state index in [1.165, 1.54) is 45.6 Å². The number of carbonyl (C=O) groups is 4. The molecule has 3 atom stereocenters. The lowest BCUT2D eigenvalue weighted by Gasteiger charge is -2.23. The van der Waals surface area contributed by atoms with Crippen LogP contribution in [0, 0.1) is 0 Å². The molecule has 3 N–H and O–H groups in total. The maximum atomic E-state index is 12.9.